The van der Waals surface area contributed by atoms with Crippen molar-refractivity contribution in [2.24, 2.45) is 5.92 Å². The summed E-state index contributed by atoms with van der Waals surface area (Å²) in [6, 6.07) is 18.6. The molecule has 1 atom stereocenters. The maximum atomic E-state index is 14.2. The molecule has 0 saturated heterocycles. The van der Waals surface area contributed by atoms with E-state index in [9.17, 15) is 18.0 Å². The van der Waals surface area contributed by atoms with E-state index in [1.807, 2.05) is 39.8 Å². The molecule has 3 aromatic carbocycles. The zero-order valence-corrected chi connectivity index (χ0v) is 26.8. The molecule has 0 spiro atoms. The van der Waals surface area contributed by atoms with Crippen LogP contribution in [0.25, 0.3) is 0 Å². The number of halogens is 1. The van der Waals surface area contributed by atoms with Gasteiger partial charge in [-0.05, 0) is 85.5 Å². The molecule has 0 saturated carbocycles. The van der Waals surface area contributed by atoms with Gasteiger partial charge in [-0.15, -0.1) is 0 Å². The number of hydrogen-bond donors (Lipinski definition) is 1. The van der Waals surface area contributed by atoms with E-state index in [0.29, 0.717) is 36.1 Å². The van der Waals surface area contributed by atoms with E-state index in [0.717, 1.165) is 9.87 Å². The molecule has 9 nitrogen and oxygen atoms in total. The van der Waals surface area contributed by atoms with E-state index in [-0.39, 0.29) is 29.0 Å². The van der Waals surface area contributed by atoms with E-state index in [1.165, 1.54) is 29.2 Å². The highest BCUT2D eigenvalue weighted by Crippen LogP contribution is 2.28. The van der Waals surface area contributed by atoms with Crippen molar-refractivity contribution < 1.29 is 27.5 Å². The molecule has 232 valence electrons. The molecule has 0 heterocycles. The van der Waals surface area contributed by atoms with Crippen molar-refractivity contribution in [3.05, 3.63) is 83.4 Å². The van der Waals surface area contributed by atoms with Crippen molar-refractivity contribution in [1.82, 2.24) is 10.2 Å². The summed E-state index contributed by atoms with van der Waals surface area (Å²) in [5.41, 5.74) is 1.03. The van der Waals surface area contributed by atoms with Crippen molar-refractivity contribution in [1.29, 1.82) is 0 Å². The number of carbonyl (C=O) groups excluding carboxylic acids is 2. The fourth-order valence-electron chi connectivity index (χ4n) is 4.41. The highest BCUT2D eigenvalue weighted by atomic mass is 35.5. The van der Waals surface area contributed by atoms with Gasteiger partial charge in [0.25, 0.3) is 10.0 Å². The molecule has 0 fully saturated rings. The Kier molecular flexibility index (Phi) is 12.3. The first-order valence-electron chi connectivity index (χ1n) is 14.2. The topological polar surface area (TPSA) is 105 Å². The lowest BCUT2D eigenvalue weighted by Gasteiger charge is -2.33. The summed E-state index contributed by atoms with van der Waals surface area (Å²) in [6.45, 7) is 8.09. The van der Waals surface area contributed by atoms with Gasteiger partial charge in [0.2, 0.25) is 11.8 Å². The Labute approximate surface area is 259 Å². The average Bonchev–Trinajstić information content (AvgIpc) is 2.99. The minimum atomic E-state index is -4.21. The highest BCUT2D eigenvalue weighted by molar-refractivity contribution is 7.92. The third kappa shape index (κ3) is 9.11. The predicted octanol–water partition coefficient (Wildman–Crippen LogP) is 5.52. The van der Waals surface area contributed by atoms with Crippen LogP contribution in [0.3, 0.4) is 0 Å². The Morgan fingerprint density at radius 1 is 0.907 bits per heavy atom. The number of rotatable bonds is 15. The minimum absolute atomic E-state index is 0.0259. The Balaban J connectivity index is 2.04. The van der Waals surface area contributed by atoms with Gasteiger partial charge in [0.15, 0.2) is 0 Å². The van der Waals surface area contributed by atoms with Crippen molar-refractivity contribution >= 4 is 39.1 Å². The first-order valence-corrected chi connectivity index (χ1v) is 16.0. The molecule has 1 N–H and O–H groups in total. The third-order valence-corrected chi connectivity index (χ3v) is 8.74. The van der Waals surface area contributed by atoms with Gasteiger partial charge < -0.3 is 19.7 Å². The second kappa shape index (κ2) is 15.6. The van der Waals surface area contributed by atoms with E-state index >= 15 is 0 Å². The Hall–Kier alpha value is -3.76. The van der Waals surface area contributed by atoms with Crippen molar-refractivity contribution in [3.63, 3.8) is 0 Å². The zero-order valence-electron chi connectivity index (χ0n) is 25.2. The Morgan fingerprint density at radius 3 is 2.05 bits per heavy atom. The maximum Gasteiger partial charge on any atom is 0.264 e. The molecule has 0 bridgehead atoms. The number of sulfonamides is 1. The smallest absolute Gasteiger partial charge is 0.264 e. The number of nitrogens with zero attached hydrogens (tertiary/aromatic N) is 2. The summed E-state index contributed by atoms with van der Waals surface area (Å²) in [6.07, 6.45) is 0.332. The van der Waals surface area contributed by atoms with Gasteiger partial charge in [0, 0.05) is 18.1 Å². The molecule has 2 amide bonds. The van der Waals surface area contributed by atoms with Gasteiger partial charge in [-0.1, -0.05) is 44.5 Å². The summed E-state index contributed by atoms with van der Waals surface area (Å²) in [7, 11) is -2.65. The van der Waals surface area contributed by atoms with Crippen molar-refractivity contribution in [2.75, 3.05) is 31.1 Å². The first-order chi connectivity index (χ1) is 20.5. The standard InChI is InChI=1S/C32H40ClN3O6S/c1-6-30(32(38)34-20-23(3)4)35(21-24-8-14-27(41-5)15-9-24)31(37)22-36(26-12-16-28(17-13-26)42-7-2)43(39,40)29-18-10-25(33)11-19-29/h8-19,23,30H,6-7,20-22H2,1-5H3,(H,34,38). The molecule has 1 unspecified atom stereocenters. The summed E-state index contributed by atoms with van der Waals surface area (Å²) >= 11 is 6.02. The van der Waals surface area contributed by atoms with Crippen LogP contribution in [0, 0.1) is 5.92 Å². The third-order valence-electron chi connectivity index (χ3n) is 6.70. The van der Waals surface area contributed by atoms with Crippen LogP contribution in [0.1, 0.15) is 39.7 Å². The second-order valence-corrected chi connectivity index (χ2v) is 12.6. The molecule has 0 aliphatic heterocycles. The van der Waals surface area contributed by atoms with Gasteiger partial charge in [-0.2, -0.15) is 0 Å². The largest absolute Gasteiger partial charge is 0.497 e. The molecular weight excluding hydrogens is 590 g/mol. The number of ether oxygens (including phenoxy) is 2. The van der Waals surface area contributed by atoms with Crippen LogP contribution in [0.5, 0.6) is 11.5 Å². The summed E-state index contributed by atoms with van der Waals surface area (Å²) in [5.74, 6) is 0.599. The molecular formula is C32H40ClN3O6S. The number of nitrogens with one attached hydrogen (secondary N) is 1. The van der Waals surface area contributed by atoms with Crippen LogP contribution < -0.4 is 19.1 Å². The van der Waals surface area contributed by atoms with E-state index in [2.05, 4.69) is 5.32 Å². The summed E-state index contributed by atoms with van der Waals surface area (Å²) < 4.78 is 39.8. The molecule has 0 aliphatic rings. The van der Waals surface area contributed by atoms with Crippen LogP contribution in [-0.4, -0.2) is 58.0 Å². The quantitative estimate of drug-likeness (QED) is 0.237. The van der Waals surface area contributed by atoms with Crippen LogP contribution in [0.15, 0.2) is 77.7 Å². The van der Waals surface area contributed by atoms with Crippen LogP contribution >= 0.6 is 11.6 Å². The highest BCUT2D eigenvalue weighted by Gasteiger charge is 2.33. The number of hydrogen-bond acceptors (Lipinski definition) is 6. The lowest BCUT2D eigenvalue weighted by atomic mass is 10.1. The number of methoxy groups -OCH3 is 1. The average molecular weight is 630 g/mol. The van der Waals surface area contributed by atoms with Crippen molar-refractivity contribution in [2.45, 2.75) is 51.6 Å². The van der Waals surface area contributed by atoms with Gasteiger partial charge in [0.05, 0.1) is 24.3 Å². The van der Waals surface area contributed by atoms with E-state index in [1.54, 1.807) is 43.5 Å². The van der Waals surface area contributed by atoms with Crippen LogP contribution in [0.2, 0.25) is 5.02 Å². The Morgan fingerprint density at radius 2 is 1.51 bits per heavy atom. The van der Waals surface area contributed by atoms with Gasteiger partial charge >= 0.3 is 0 Å². The molecule has 0 radical (unpaired) electrons. The fourth-order valence-corrected chi connectivity index (χ4v) is 5.95. The van der Waals surface area contributed by atoms with Gasteiger partial charge in [0.1, 0.15) is 24.1 Å². The van der Waals surface area contributed by atoms with E-state index in [4.69, 9.17) is 21.1 Å². The lowest BCUT2D eigenvalue weighted by molar-refractivity contribution is -0.140. The monoisotopic (exact) mass is 629 g/mol. The van der Waals surface area contributed by atoms with Gasteiger partial charge in [-0.25, -0.2) is 8.42 Å². The predicted molar refractivity (Wildman–Crippen MR) is 169 cm³/mol. The molecule has 0 aliphatic carbocycles. The lowest BCUT2D eigenvalue weighted by Crippen LogP contribution is -2.52. The number of carbonyl (C=O) groups is 2. The normalized spacial score (nSPS) is 12.0. The molecule has 3 rings (SSSR count). The van der Waals surface area contributed by atoms with E-state index < -0.39 is 28.5 Å². The first kappa shape index (κ1) is 33.7. The molecule has 0 aromatic heterocycles. The number of amides is 2. The second-order valence-electron chi connectivity index (χ2n) is 10.3. The van der Waals surface area contributed by atoms with Crippen LogP contribution in [0.4, 0.5) is 5.69 Å². The molecule has 11 heteroatoms. The SMILES string of the molecule is CCOc1ccc(N(CC(=O)N(Cc2ccc(OC)cc2)C(CC)C(=O)NCC(C)C)S(=O)(=O)c2ccc(Cl)cc2)cc1. The van der Waals surface area contributed by atoms with Crippen molar-refractivity contribution in [3.8, 4) is 11.5 Å². The summed E-state index contributed by atoms with van der Waals surface area (Å²) in [4.78, 5) is 28.9. The summed E-state index contributed by atoms with van der Waals surface area (Å²) in [5, 5.41) is 3.31. The molecule has 43 heavy (non-hydrogen) atoms. The fraction of sp³-hybridized carbons (Fsp3) is 0.375. The number of anilines is 1. The van der Waals surface area contributed by atoms with Crippen LogP contribution in [-0.2, 0) is 26.2 Å². The molecule has 3 aromatic rings. The number of benzene rings is 3. The zero-order chi connectivity index (χ0) is 31.6. The minimum Gasteiger partial charge on any atom is -0.497 e. The maximum absolute atomic E-state index is 14.2. The Bertz CT molecular complexity index is 1450. The van der Waals surface area contributed by atoms with Gasteiger partial charge in [-0.3, -0.25) is 13.9 Å².